The van der Waals surface area contributed by atoms with E-state index < -0.39 is 6.04 Å². The second kappa shape index (κ2) is 7.49. The molecule has 1 atom stereocenters. The van der Waals surface area contributed by atoms with Crippen molar-refractivity contribution in [3.05, 3.63) is 100 Å². The van der Waals surface area contributed by atoms with Crippen molar-refractivity contribution in [3.8, 4) is 0 Å². The molecule has 0 aromatic heterocycles. The first kappa shape index (κ1) is 18.3. The zero-order valence-corrected chi connectivity index (χ0v) is 16.1. The van der Waals surface area contributed by atoms with Gasteiger partial charge in [-0.3, -0.25) is 9.59 Å². The zero-order valence-electron chi connectivity index (χ0n) is 15.4. The highest BCUT2D eigenvalue weighted by Crippen LogP contribution is 2.38. The molecule has 0 radical (unpaired) electrons. The van der Waals surface area contributed by atoms with Gasteiger partial charge in [-0.25, -0.2) is 0 Å². The highest BCUT2D eigenvalue weighted by atomic mass is 35.5. The highest BCUT2D eigenvalue weighted by Gasteiger charge is 2.34. The van der Waals surface area contributed by atoms with E-state index in [4.69, 9.17) is 11.6 Å². The molecule has 0 spiro atoms. The molecule has 2 amide bonds. The predicted octanol–water partition coefficient (Wildman–Crippen LogP) is 4.83. The van der Waals surface area contributed by atoms with Gasteiger partial charge in [0.15, 0.2) is 0 Å². The van der Waals surface area contributed by atoms with Crippen molar-refractivity contribution in [3.63, 3.8) is 0 Å². The summed E-state index contributed by atoms with van der Waals surface area (Å²) < 4.78 is 0. The van der Waals surface area contributed by atoms with Crippen LogP contribution in [-0.2, 0) is 4.79 Å². The second-order valence-electron chi connectivity index (χ2n) is 6.84. The van der Waals surface area contributed by atoms with Crippen LogP contribution >= 0.6 is 11.6 Å². The van der Waals surface area contributed by atoms with E-state index in [2.05, 4.69) is 5.32 Å². The standard InChI is InChI=1S/C23H19ClN2O2/c1-15-7-5-6-10-18(15)23(28)26-14-21(27)25-20-12-11-17(24)13-19(20)22(26)16-8-3-2-4-9-16/h2-13,22H,14H2,1H3,(H,25,27). The quantitative estimate of drug-likeness (QED) is 0.681. The summed E-state index contributed by atoms with van der Waals surface area (Å²) in [4.78, 5) is 27.7. The van der Waals surface area contributed by atoms with Crippen molar-refractivity contribution in [1.82, 2.24) is 4.90 Å². The predicted molar refractivity (Wildman–Crippen MR) is 111 cm³/mol. The fourth-order valence-corrected chi connectivity index (χ4v) is 3.81. The van der Waals surface area contributed by atoms with E-state index in [1.54, 1.807) is 23.1 Å². The van der Waals surface area contributed by atoms with Crippen LogP contribution in [0.2, 0.25) is 5.02 Å². The van der Waals surface area contributed by atoms with Crippen LogP contribution in [0.3, 0.4) is 0 Å². The van der Waals surface area contributed by atoms with Crippen molar-refractivity contribution in [2.45, 2.75) is 13.0 Å². The lowest BCUT2D eigenvalue weighted by molar-refractivity contribution is -0.117. The molecule has 1 N–H and O–H groups in total. The Labute approximate surface area is 168 Å². The Balaban J connectivity index is 1.91. The summed E-state index contributed by atoms with van der Waals surface area (Å²) >= 11 is 6.27. The van der Waals surface area contributed by atoms with Crippen LogP contribution in [0.4, 0.5) is 5.69 Å². The first-order valence-corrected chi connectivity index (χ1v) is 9.43. The number of benzene rings is 3. The van der Waals surface area contributed by atoms with Crippen LogP contribution in [0.25, 0.3) is 0 Å². The molecule has 4 nitrogen and oxygen atoms in total. The van der Waals surface area contributed by atoms with Gasteiger partial charge in [-0.1, -0.05) is 60.1 Å². The molecule has 0 aliphatic carbocycles. The molecule has 28 heavy (non-hydrogen) atoms. The van der Waals surface area contributed by atoms with Crippen LogP contribution in [-0.4, -0.2) is 23.3 Å². The number of aryl methyl sites for hydroxylation is 1. The van der Waals surface area contributed by atoms with E-state index in [0.29, 0.717) is 16.3 Å². The molecule has 1 heterocycles. The van der Waals surface area contributed by atoms with Crippen LogP contribution < -0.4 is 5.32 Å². The van der Waals surface area contributed by atoms with Gasteiger partial charge in [0, 0.05) is 21.8 Å². The van der Waals surface area contributed by atoms with Gasteiger partial charge in [-0.05, 0) is 42.3 Å². The fraction of sp³-hybridized carbons (Fsp3) is 0.130. The first-order valence-electron chi connectivity index (χ1n) is 9.05. The smallest absolute Gasteiger partial charge is 0.255 e. The Hall–Kier alpha value is -3.11. The molecule has 0 saturated heterocycles. The Morgan fingerprint density at radius 1 is 1.04 bits per heavy atom. The summed E-state index contributed by atoms with van der Waals surface area (Å²) in [5, 5.41) is 3.46. The molecule has 4 rings (SSSR count). The molecule has 3 aromatic rings. The maximum Gasteiger partial charge on any atom is 0.255 e. The summed E-state index contributed by atoms with van der Waals surface area (Å²) in [5.41, 5.74) is 3.84. The van der Waals surface area contributed by atoms with Gasteiger partial charge in [-0.2, -0.15) is 0 Å². The van der Waals surface area contributed by atoms with Crippen molar-refractivity contribution < 1.29 is 9.59 Å². The minimum atomic E-state index is -0.430. The second-order valence-corrected chi connectivity index (χ2v) is 7.28. The van der Waals surface area contributed by atoms with E-state index in [0.717, 1.165) is 16.7 Å². The molecule has 1 aliphatic heterocycles. The number of carbonyl (C=O) groups is 2. The average molecular weight is 391 g/mol. The van der Waals surface area contributed by atoms with Crippen molar-refractivity contribution in [2.75, 3.05) is 11.9 Å². The number of fused-ring (bicyclic) bond motifs is 1. The molecule has 0 saturated carbocycles. The average Bonchev–Trinajstić information content (AvgIpc) is 2.84. The van der Waals surface area contributed by atoms with Gasteiger partial charge in [0.2, 0.25) is 5.91 Å². The molecular weight excluding hydrogens is 372 g/mol. The summed E-state index contributed by atoms with van der Waals surface area (Å²) in [7, 11) is 0. The number of amides is 2. The van der Waals surface area contributed by atoms with E-state index in [-0.39, 0.29) is 18.4 Å². The summed E-state index contributed by atoms with van der Waals surface area (Å²) in [6.45, 7) is 1.85. The molecule has 3 aromatic carbocycles. The topological polar surface area (TPSA) is 49.4 Å². The third-order valence-electron chi connectivity index (χ3n) is 4.96. The van der Waals surface area contributed by atoms with Crippen molar-refractivity contribution in [2.24, 2.45) is 0 Å². The minimum Gasteiger partial charge on any atom is -0.324 e. The number of hydrogen-bond donors (Lipinski definition) is 1. The van der Waals surface area contributed by atoms with E-state index in [1.165, 1.54) is 0 Å². The van der Waals surface area contributed by atoms with E-state index in [1.807, 2.05) is 61.5 Å². The number of rotatable bonds is 2. The lowest BCUT2D eigenvalue weighted by atomic mass is 9.95. The summed E-state index contributed by atoms with van der Waals surface area (Å²) in [6.07, 6.45) is 0. The maximum atomic E-state index is 13.5. The number of carbonyl (C=O) groups excluding carboxylic acids is 2. The monoisotopic (exact) mass is 390 g/mol. The number of anilines is 1. The summed E-state index contributed by atoms with van der Waals surface area (Å²) in [5.74, 6) is -0.418. The van der Waals surface area contributed by atoms with Gasteiger partial charge >= 0.3 is 0 Å². The molecule has 5 heteroatoms. The molecule has 1 aliphatic rings. The highest BCUT2D eigenvalue weighted by molar-refractivity contribution is 6.30. The Kier molecular flexibility index (Phi) is 4.88. The van der Waals surface area contributed by atoms with E-state index >= 15 is 0 Å². The number of nitrogens with zero attached hydrogens (tertiary/aromatic N) is 1. The van der Waals surface area contributed by atoms with Crippen LogP contribution in [0.5, 0.6) is 0 Å². The maximum absolute atomic E-state index is 13.5. The number of nitrogens with one attached hydrogen (secondary N) is 1. The molecule has 140 valence electrons. The van der Waals surface area contributed by atoms with Crippen LogP contribution in [0, 0.1) is 6.92 Å². The third kappa shape index (κ3) is 3.39. The van der Waals surface area contributed by atoms with Crippen molar-refractivity contribution >= 4 is 29.1 Å². The molecule has 0 bridgehead atoms. The Morgan fingerprint density at radius 3 is 2.50 bits per heavy atom. The third-order valence-corrected chi connectivity index (χ3v) is 5.19. The largest absolute Gasteiger partial charge is 0.324 e. The van der Waals surface area contributed by atoms with Gasteiger partial charge in [-0.15, -0.1) is 0 Å². The molecule has 1 unspecified atom stereocenters. The van der Waals surface area contributed by atoms with Crippen LogP contribution in [0.15, 0.2) is 72.8 Å². The Bertz CT molecular complexity index is 1050. The Morgan fingerprint density at radius 2 is 1.75 bits per heavy atom. The van der Waals surface area contributed by atoms with Gasteiger partial charge < -0.3 is 10.2 Å². The minimum absolute atomic E-state index is 0.0426. The van der Waals surface area contributed by atoms with Gasteiger partial charge in [0.1, 0.15) is 6.54 Å². The van der Waals surface area contributed by atoms with Gasteiger partial charge in [0.05, 0.1) is 6.04 Å². The lowest BCUT2D eigenvalue weighted by Gasteiger charge is -2.31. The first-order chi connectivity index (χ1) is 13.5. The zero-order chi connectivity index (χ0) is 19.7. The lowest BCUT2D eigenvalue weighted by Crippen LogP contribution is -2.39. The van der Waals surface area contributed by atoms with Crippen LogP contribution in [0.1, 0.15) is 33.1 Å². The SMILES string of the molecule is Cc1ccccc1C(=O)N1CC(=O)Nc2ccc(Cl)cc2C1c1ccccc1. The number of halogens is 1. The van der Waals surface area contributed by atoms with Gasteiger partial charge in [0.25, 0.3) is 5.91 Å². The molecular formula is C23H19ClN2O2. The van der Waals surface area contributed by atoms with E-state index in [9.17, 15) is 9.59 Å². The normalized spacial score (nSPS) is 16.1. The van der Waals surface area contributed by atoms with Crippen molar-refractivity contribution in [1.29, 1.82) is 0 Å². The fourth-order valence-electron chi connectivity index (χ4n) is 3.63. The summed E-state index contributed by atoms with van der Waals surface area (Å²) in [6, 6.07) is 22.0. The molecule has 0 fully saturated rings. The number of hydrogen-bond acceptors (Lipinski definition) is 2.